The standard InChI is InChI=1S/C10H11BrN2O3/c11-7-4-13(10(16)12-9(7)15)8-3-1-2-6(8)5-14/h1,3-4,6,8,14H,2,5H2,(H,12,15,16)/t6-,8-/m0/s1. The highest BCUT2D eigenvalue weighted by molar-refractivity contribution is 9.10. The number of hydrogen-bond acceptors (Lipinski definition) is 3. The lowest BCUT2D eigenvalue weighted by atomic mass is 10.0. The van der Waals surface area contributed by atoms with Gasteiger partial charge in [-0.05, 0) is 22.4 Å². The fourth-order valence-electron chi connectivity index (χ4n) is 1.87. The third kappa shape index (κ3) is 1.90. The van der Waals surface area contributed by atoms with Crippen molar-refractivity contribution in [2.24, 2.45) is 5.92 Å². The van der Waals surface area contributed by atoms with Gasteiger partial charge in [-0.3, -0.25) is 14.3 Å². The van der Waals surface area contributed by atoms with Crippen LogP contribution in [0.15, 0.2) is 32.4 Å². The molecule has 5 nitrogen and oxygen atoms in total. The lowest BCUT2D eigenvalue weighted by Crippen LogP contribution is -2.34. The number of rotatable bonds is 2. The van der Waals surface area contributed by atoms with Crippen LogP contribution in [0.1, 0.15) is 12.5 Å². The molecule has 86 valence electrons. The van der Waals surface area contributed by atoms with Crippen LogP contribution in [0.2, 0.25) is 0 Å². The number of aromatic amines is 1. The summed E-state index contributed by atoms with van der Waals surface area (Å²) in [7, 11) is 0. The Hall–Kier alpha value is -1.14. The van der Waals surface area contributed by atoms with E-state index >= 15 is 0 Å². The van der Waals surface area contributed by atoms with Crippen molar-refractivity contribution in [1.29, 1.82) is 0 Å². The summed E-state index contributed by atoms with van der Waals surface area (Å²) >= 11 is 3.08. The number of nitrogens with one attached hydrogen (secondary N) is 1. The molecule has 1 heterocycles. The van der Waals surface area contributed by atoms with Crippen LogP contribution in [0.25, 0.3) is 0 Å². The minimum atomic E-state index is -0.455. The molecule has 2 rings (SSSR count). The third-order valence-electron chi connectivity index (χ3n) is 2.74. The van der Waals surface area contributed by atoms with E-state index in [-0.39, 0.29) is 18.6 Å². The highest BCUT2D eigenvalue weighted by Gasteiger charge is 2.24. The molecule has 0 aliphatic heterocycles. The maximum Gasteiger partial charge on any atom is 0.328 e. The summed E-state index contributed by atoms with van der Waals surface area (Å²) in [5.74, 6) is -0.00416. The second-order valence-corrected chi connectivity index (χ2v) is 4.60. The van der Waals surface area contributed by atoms with Crippen LogP contribution in [0.5, 0.6) is 0 Å². The van der Waals surface area contributed by atoms with E-state index in [1.165, 1.54) is 10.8 Å². The van der Waals surface area contributed by atoms with Crippen LogP contribution >= 0.6 is 15.9 Å². The number of allylic oxidation sites excluding steroid dienone is 2. The largest absolute Gasteiger partial charge is 0.396 e. The SMILES string of the molecule is O=c1[nH]c(=O)n([C@H]2C=CC[C@H]2CO)cc1Br. The number of aliphatic hydroxyl groups excluding tert-OH is 1. The highest BCUT2D eigenvalue weighted by atomic mass is 79.9. The number of H-pyrrole nitrogens is 1. The van der Waals surface area contributed by atoms with Gasteiger partial charge in [-0.2, -0.15) is 0 Å². The molecule has 1 aliphatic carbocycles. The second kappa shape index (κ2) is 4.39. The van der Waals surface area contributed by atoms with Crippen molar-refractivity contribution in [2.75, 3.05) is 6.61 Å². The average Bonchev–Trinajstić information content (AvgIpc) is 2.71. The smallest absolute Gasteiger partial charge is 0.328 e. The highest BCUT2D eigenvalue weighted by Crippen LogP contribution is 2.28. The molecular formula is C10H11BrN2O3. The molecule has 0 saturated heterocycles. The fourth-order valence-corrected chi connectivity index (χ4v) is 2.19. The van der Waals surface area contributed by atoms with Gasteiger partial charge in [0, 0.05) is 18.7 Å². The van der Waals surface area contributed by atoms with Gasteiger partial charge in [0.2, 0.25) is 0 Å². The molecule has 0 aromatic carbocycles. The number of aromatic nitrogens is 2. The molecule has 0 fully saturated rings. The van der Waals surface area contributed by atoms with Crippen molar-refractivity contribution in [1.82, 2.24) is 9.55 Å². The van der Waals surface area contributed by atoms with Crippen LogP contribution < -0.4 is 11.2 Å². The number of aliphatic hydroxyl groups is 1. The molecule has 6 heteroatoms. The van der Waals surface area contributed by atoms with Crippen molar-refractivity contribution in [2.45, 2.75) is 12.5 Å². The van der Waals surface area contributed by atoms with Gasteiger partial charge >= 0.3 is 5.69 Å². The Bertz CT molecular complexity index is 532. The van der Waals surface area contributed by atoms with Crippen LogP contribution in [0.3, 0.4) is 0 Å². The molecule has 0 spiro atoms. The van der Waals surface area contributed by atoms with Crippen molar-refractivity contribution >= 4 is 15.9 Å². The quantitative estimate of drug-likeness (QED) is 0.774. The topological polar surface area (TPSA) is 75.1 Å². The zero-order valence-corrected chi connectivity index (χ0v) is 9.98. The maximum atomic E-state index is 11.6. The molecule has 0 unspecified atom stereocenters. The summed E-state index contributed by atoms with van der Waals surface area (Å²) in [5, 5.41) is 9.17. The first kappa shape index (κ1) is 11.3. The van der Waals surface area contributed by atoms with Gasteiger partial charge < -0.3 is 5.11 Å². The van der Waals surface area contributed by atoms with Gasteiger partial charge in [0.15, 0.2) is 0 Å². The van der Waals surface area contributed by atoms with Gasteiger partial charge in [0.05, 0.1) is 10.5 Å². The number of nitrogens with zero attached hydrogens (tertiary/aromatic N) is 1. The predicted octanol–water partition coefficient (Wildman–Crippen LogP) is 0.409. The van der Waals surface area contributed by atoms with Crippen molar-refractivity contribution in [3.63, 3.8) is 0 Å². The van der Waals surface area contributed by atoms with Crippen LogP contribution in [-0.2, 0) is 0 Å². The Morgan fingerprint density at radius 3 is 3.00 bits per heavy atom. The number of halogens is 1. The summed E-state index contributed by atoms with van der Waals surface area (Å²) in [5.41, 5.74) is -0.896. The molecule has 0 saturated carbocycles. The van der Waals surface area contributed by atoms with E-state index in [9.17, 15) is 14.7 Å². The van der Waals surface area contributed by atoms with Crippen molar-refractivity contribution in [3.8, 4) is 0 Å². The Kier molecular flexibility index (Phi) is 3.11. The molecule has 2 N–H and O–H groups in total. The molecule has 16 heavy (non-hydrogen) atoms. The zero-order chi connectivity index (χ0) is 11.7. The Morgan fingerprint density at radius 2 is 2.31 bits per heavy atom. The van der Waals surface area contributed by atoms with E-state index in [1.807, 2.05) is 12.2 Å². The van der Waals surface area contributed by atoms with E-state index in [0.29, 0.717) is 4.47 Å². The molecule has 1 aromatic heterocycles. The Balaban J connectivity index is 2.48. The summed E-state index contributed by atoms with van der Waals surface area (Å²) < 4.78 is 1.74. The first-order chi connectivity index (χ1) is 7.63. The molecule has 0 bridgehead atoms. The Labute approximate surface area is 99.6 Å². The van der Waals surface area contributed by atoms with E-state index in [0.717, 1.165) is 6.42 Å². The zero-order valence-electron chi connectivity index (χ0n) is 8.39. The Morgan fingerprint density at radius 1 is 1.56 bits per heavy atom. The lowest BCUT2D eigenvalue weighted by Gasteiger charge is -2.19. The first-order valence-corrected chi connectivity index (χ1v) is 5.71. The molecule has 1 aliphatic rings. The van der Waals surface area contributed by atoms with Gasteiger partial charge in [0.1, 0.15) is 0 Å². The predicted molar refractivity (Wildman–Crippen MR) is 62.4 cm³/mol. The van der Waals surface area contributed by atoms with Gasteiger partial charge in [-0.15, -0.1) is 0 Å². The van der Waals surface area contributed by atoms with E-state index in [4.69, 9.17) is 0 Å². The lowest BCUT2D eigenvalue weighted by molar-refractivity contribution is 0.202. The average molecular weight is 287 g/mol. The van der Waals surface area contributed by atoms with Crippen LogP contribution in [-0.4, -0.2) is 21.3 Å². The molecule has 0 radical (unpaired) electrons. The monoisotopic (exact) mass is 286 g/mol. The summed E-state index contributed by atoms with van der Waals surface area (Å²) in [6.45, 7) is 0.0147. The summed E-state index contributed by atoms with van der Waals surface area (Å²) in [6, 6.07) is -0.189. The fraction of sp³-hybridized carbons (Fsp3) is 0.400. The van der Waals surface area contributed by atoms with Crippen LogP contribution in [0, 0.1) is 5.92 Å². The van der Waals surface area contributed by atoms with E-state index in [2.05, 4.69) is 20.9 Å². The summed E-state index contributed by atoms with van der Waals surface area (Å²) in [6.07, 6.45) is 6.00. The van der Waals surface area contributed by atoms with Crippen molar-refractivity contribution in [3.05, 3.63) is 43.7 Å². The maximum absolute atomic E-state index is 11.6. The second-order valence-electron chi connectivity index (χ2n) is 3.74. The van der Waals surface area contributed by atoms with Crippen molar-refractivity contribution < 1.29 is 5.11 Å². The first-order valence-electron chi connectivity index (χ1n) is 4.92. The van der Waals surface area contributed by atoms with E-state index < -0.39 is 11.2 Å². The molecule has 1 aromatic rings. The van der Waals surface area contributed by atoms with E-state index in [1.54, 1.807) is 0 Å². The molecular weight excluding hydrogens is 276 g/mol. The molecule has 2 atom stereocenters. The minimum absolute atomic E-state index is 0.00416. The minimum Gasteiger partial charge on any atom is -0.396 e. The van der Waals surface area contributed by atoms with Gasteiger partial charge in [0.25, 0.3) is 5.56 Å². The summed E-state index contributed by atoms with van der Waals surface area (Å²) in [4.78, 5) is 25.0. The molecule has 0 amide bonds. The number of hydrogen-bond donors (Lipinski definition) is 2. The van der Waals surface area contributed by atoms with Gasteiger partial charge in [-0.25, -0.2) is 4.79 Å². The van der Waals surface area contributed by atoms with Crippen LogP contribution in [0.4, 0.5) is 0 Å². The van der Waals surface area contributed by atoms with Gasteiger partial charge in [-0.1, -0.05) is 12.2 Å². The normalized spacial score (nSPS) is 23.9. The third-order valence-corrected chi connectivity index (χ3v) is 3.30.